The molecule has 1 unspecified atom stereocenters. The standard InChI is InChI=1S/C31H33Cl2N3O4S/c1-24(39-21-19-34)36(41(37,38)29-17-13-27(33)14-18-29)31-10-6-5-9-30(31)35(23-25-7-3-2-4-8-25)20-22-40-28-15-11-26(32)12-16-28/h2-18,24H,19-23,34H2,1H3. The second-order valence-electron chi connectivity index (χ2n) is 9.21. The van der Waals surface area contributed by atoms with Crippen LogP contribution in [0, 0.1) is 0 Å². The lowest BCUT2D eigenvalue weighted by Gasteiger charge is -2.35. The second-order valence-corrected chi connectivity index (χ2v) is 11.9. The third-order valence-corrected chi connectivity index (χ3v) is 8.68. The van der Waals surface area contributed by atoms with Gasteiger partial charge in [-0.15, -0.1) is 0 Å². The van der Waals surface area contributed by atoms with E-state index in [1.165, 1.54) is 16.4 Å². The van der Waals surface area contributed by atoms with Crippen molar-refractivity contribution >= 4 is 44.6 Å². The Balaban J connectivity index is 1.74. The van der Waals surface area contributed by atoms with Crippen LogP contribution < -0.4 is 19.7 Å². The molecule has 41 heavy (non-hydrogen) atoms. The molecular weight excluding hydrogens is 581 g/mol. The lowest BCUT2D eigenvalue weighted by Crippen LogP contribution is -2.42. The van der Waals surface area contributed by atoms with E-state index in [0.717, 1.165) is 5.56 Å². The summed E-state index contributed by atoms with van der Waals surface area (Å²) < 4.78 is 41.5. The molecule has 4 aromatic carbocycles. The topological polar surface area (TPSA) is 85.1 Å². The van der Waals surface area contributed by atoms with Crippen LogP contribution in [-0.2, 0) is 21.3 Å². The maximum atomic E-state index is 14.1. The van der Waals surface area contributed by atoms with Crippen molar-refractivity contribution in [3.05, 3.63) is 119 Å². The molecule has 10 heteroatoms. The van der Waals surface area contributed by atoms with Crippen molar-refractivity contribution in [2.75, 3.05) is 35.5 Å². The maximum absolute atomic E-state index is 14.1. The number of hydrogen-bond donors (Lipinski definition) is 1. The van der Waals surface area contributed by atoms with Crippen LogP contribution in [-0.4, -0.2) is 40.9 Å². The minimum absolute atomic E-state index is 0.0978. The van der Waals surface area contributed by atoms with E-state index in [9.17, 15) is 8.42 Å². The molecule has 0 aliphatic heterocycles. The van der Waals surface area contributed by atoms with Crippen LogP contribution in [0.2, 0.25) is 10.0 Å². The van der Waals surface area contributed by atoms with Crippen molar-refractivity contribution in [2.24, 2.45) is 5.73 Å². The molecule has 1 atom stereocenters. The normalized spacial score (nSPS) is 12.1. The van der Waals surface area contributed by atoms with Gasteiger partial charge in [0.15, 0.2) is 0 Å². The molecule has 4 aromatic rings. The second kappa shape index (κ2) is 14.6. The van der Waals surface area contributed by atoms with E-state index in [2.05, 4.69) is 4.90 Å². The van der Waals surface area contributed by atoms with Crippen LogP contribution in [0.4, 0.5) is 11.4 Å². The monoisotopic (exact) mass is 613 g/mol. The lowest BCUT2D eigenvalue weighted by atomic mass is 10.1. The van der Waals surface area contributed by atoms with Crippen LogP contribution in [0.5, 0.6) is 5.75 Å². The van der Waals surface area contributed by atoms with Gasteiger partial charge in [0.05, 0.1) is 29.4 Å². The smallest absolute Gasteiger partial charge is 0.266 e. The van der Waals surface area contributed by atoms with E-state index < -0.39 is 16.3 Å². The quantitative estimate of drug-likeness (QED) is 0.161. The third-order valence-electron chi connectivity index (χ3n) is 6.30. The summed E-state index contributed by atoms with van der Waals surface area (Å²) in [5.41, 5.74) is 7.93. The first-order valence-electron chi connectivity index (χ1n) is 13.2. The zero-order valence-electron chi connectivity index (χ0n) is 22.7. The van der Waals surface area contributed by atoms with Crippen LogP contribution in [0.15, 0.2) is 108 Å². The number of halogens is 2. The van der Waals surface area contributed by atoms with E-state index in [0.29, 0.717) is 46.9 Å². The number of nitrogens with zero attached hydrogens (tertiary/aromatic N) is 2. The van der Waals surface area contributed by atoms with Gasteiger partial charge in [0.2, 0.25) is 0 Å². The Bertz CT molecular complexity index is 1490. The minimum Gasteiger partial charge on any atom is -0.492 e. The van der Waals surface area contributed by atoms with Gasteiger partial charge in [-0.05, 0) is 73.2 Å². The van der Waals surface area contributed by atoms with Crippen molar-refractivity contribution in [3.8, 4) is 5.75 Å². The molecule has 7 nitrogen and oxygen atoms in total. The molecule has 0 heterocycles. The van der Waals surface area contributed by atoms with Crippen molar-refractivity contribution in [1.29, 1.82) is 0 Å². The van der Waals surface area contributed by atoms with Gasteiger partial charge in [0.1, 0.15) is 18.6 Å². The predicted molar refractivity (Wildman–Crippen MR) is 166 cm³/mol. The molecule has 0 fully saturated rings. The molecule has 0 bridgehead atoms. The molecule has 0 saturated carbocycles. The van der Waals surface area contributed by atoms with E-state index in [4.69, 9.17) is 38.4 Å². The SMILES string of the molecule is CC(OCCN)N(c1ccccc1N(CCOc1ccc(Cl)cc1)Cc1ccccc1)S(=O)(=O)c1ccc(Cl)cc1. The summed E-state index contributed by atoms with van der Waals surface area (Å²) in [4.78, 5) is 2.20. The Kier molecular flexibility index (Phi) is 10.9. The zero-order chi connectivity index (χ0) is 29.2. The molecule has 0 saturated heterocycles. The van der Waals surface area contributed by atoms with E-state index in [-0.39, 0.29) is 18.0 Å². The van der Waals surface area contributed by atoms with E-state index in [1.54, 1.807) is 37.3 Å². The van der Waals surface area contributed by atoms with Crippen molar-refractivity contribution in [3.63, 3.8) is 0 Å². The maximum Gasteiger partial charge on any atom is 0.266 e. The molecule has 4 rings (SSSR count). The van der Waals surface area contributed by atoms with Crippen molar-refractivity contribution < 1.29 is 17.9 Å². The largest absolute Gasteiger partial charge is 0.492 e. The first kappa shape index (κ1) is 30.7. The highest BCUT2D eigenvalue weighted by Crippen LogP contribution is 2.36. The lowest BCUT2D eigenvalue weighted by molar-refractivity contribution is 0.0801. The third kappa shape index (κ3) is 8.15. The number of anilines is 2. The molecule has 0 aliphatic carbocycles. The van der Waals surface area contributed by atoms with Gasteiger partial charge in [-0.2, -0.15) is 0 Å². The average molecular weight is 615 g/mol. The summed E-state index contributed by atoms with van der Waals surface area (Å²) >= 11 is 12.1. The van der Waals surface area contributed by atoms with Crippen molar-refractivity contribution in [2.45, 2.75) is 24.6 Å². The molecule has 0 aliphatic rings. The highest BCUT2D eigenvalue weighted by molar-refractivity contribution is 7.92. The number of para-hydroxylation sites is 2. The number of ether oxygens (including phenoxy) is 2. The number of benzene rings is 4. The first-order chi connectivity index (χ1) is 19.8. The highest BCUT2D eigenvalue weighted by Gasteiger charge is 2.32. The van der Waals surface area contributed by atoms with Gasteiger partial charge in [-0.3, -0.25) is 0 Å². The van der Waals surface area contributed by atoms with Crippen LogP contribution >= 0.6 is 23.2 Å². The van der Waals surface area contributed by atoms with Gasteiger partial charge in [0.25, 0.3) is 10.0 Å². The average Bonchev–Trinajstić information content (AvgIpc) is 2.97. The molecule has 0 radical (unpaired) electrons. The Labute approximate surface area is 252 Å². The number of nitrogens with two attached hydrogens (primary N) is 1. The van der Waals surface area contributed by atoms with Crippen LogP contribution in [0.1, 0.15) is 12.5 Å². The van der Waals surface area contributed by atoms with Gasteiger partial charge in [0, 0.05) is 23.1 Å². The van der Waals surface area contributed by atoms with E-state index >= 15 is 0 Å². The van der Waals surface area contributed by atoms with Crippen LogP contribution in [0.25, 0.3) is 0 Å². The van der Waals surface area contributed by atoms with Crippen LogP contribution in [0.3, 0.4) is 0 Å². The number of sulfonamides is 1. The zero-order valence-corrected chi connectivity index (χ0v) is 25.0. The van der Waals surface area contributed by atoms with Gasteiger partial charge >= 0.3 is 0 Å². The summed E-state index contributed by atoms with van der Waals surface area (Å²) in [5, 5.41) is 1.07. The highest BCUT2D eigenvalue weighted by atomic mass is 35.5. The fourth-order valence-corrected chi connectivity index (χ4v) is 6.18. The Morgan fingerprint density at radius 2 is 1.37 bits per heavy atom. The summed E-state index contributed by atoms with van der Waals surface area (Å²) in [6.07, 6.45) is -0.843. The molecule has 2 N–H and O–H groups in total. The fraction of sp³-hybridized carbons (Fsp3) is 0.226. The molecule has 216 valence electrons. The number of hydrogen-bond acceptors (Lipinski definition) is 6. The summed E-state index contributed by atoms with van der Waals surface area (Å²) in [5.74, 6) is 0.693. The molecule has 0 spiro atoms. The molecule has 0 amide bonds. The first-order valence-corrected chi connectivity index (χ1v) is 15.4. The number of rotatable bonds is 14. The minimum atomic E-state index is -4.06. The Hall–Kier alpha value is -3.27. The predicted octanol–water partition coefficient (Wildman–Crippen LogP) is 6.60. The Morgan fingerprint density at radius 3 is 2.00 bits per heavy atom. The van der Waals surface area contributed by atoms with Crippen molar-refractivity contribution in [1.82, 2.24) is 0 Å². The molecular formula is C31H33Cl2N3O4S. The van der Waals surface area contributed by atoms with Gasteiger partial charge in [-0.25, -0.2) is 12.7 Å². The van der Waals surface area contributed by atoms with Gasteiger partial charge < -0.3 is 20.1 Å². The summed E-state index contributed by atoms with van der Waals surface area (Å²) in [6, 6.07) is 30.6. The summed E-state index contributed by atoms with van der Waals surface area (Å²) in [6.45, 7) is 3.49. The van der Waals surface area contributed by atoms with Gasteiger partial charge in [-0.1, -0.05) is 65.7 Å². The van der Waals surface area contributed by atoms with E-state index in [1.807, 2.05) is 60.7 Å². The summed E-state index contributed by atoms with van der Waals surface area (Å²) in [7, 11) is -4.06. The fourth-order valence-electron chi connectivity index (χ4n) is 4.36. The molecule has 0 aromatic heterocycles. The Morgan fingerprint density at radius 1 is 0.780 bits per heavy atom.